The number of nitrogens with one attached hydrogen (secondary N) is 1. The van der Waals surface area contributed by atoms with E-state index in [4.69, 9.17) is 0 Å². The molecule has 0 unspecified atom stereocenters. The fraction of sp³-hybridized carbons (Fsp3) is 0.857. The summed E-state index contributed by atoms with van der Waals surface area (Å²) in [6, 6.07) is 0. The summed E-state index contributed by atoms with van der Waals surface area (Å²) in [5, 5.41) is 2.67. The predicted molar refractivity (Wildman–Crippen MR) is 37.7 cm³/mol. The van der Waals surface area contributed by atoms with Crippen LogP contribution in [0.2, 0.25) is 0 Å². The van der Waals surface area contributed by atoms with E-state index in [9.17, 15) is 4.79 Å². The van der Waals surface area contributed by atoms with Gasteiger partial charge in [0.25, 0.3) is 0 Å². The summed E-state index contributed by atoms with van der Waals surface area (Å²) in [7, 11) is 1.39. The van der Waals surface area contributed by atoms with Gasteiger partial charge in [0.2, 0.25) is 0 Å². The van der Waals surface area contributed by atoms with Gasteiger partial charge in [0.05, 0.1) is 7.11 Å². The standard InChI is InChI=1S/C7H13NO2/c1-10-7(9)8-5-6-3-2-4-6/h6H,2-5H2,1H3,(H,8,9). The summed E-state index contributed by atoms with van der Waals surface area (Å²) in [5.74, 6) is 0.707. The van der Waals surface area contributed by atoms with Gasteiger partial charge in [-0.3, -0.25) is 0 Å². The summed E-state index contributed by atoms with van der Waals surface area (Å²) < 4.78 is 4.42. The zero-order valence-corrected chi connectivity index (χ0v) is 6.22. The van der Waals surface area contributed by atoms with Crippen LogP contribution in [0.15, 0.2) is 0 Å². The first-order chi connectivity index (χ1) is 4.83. The zero-order valence-electron chi connectivity index (χ0n) is 6.22. The third kappa shape index (κ3) is 1.90. The minimum atomic E-state index is -0.313. The normalized spacial score (nSPS) is 17.7. The molecule has 1 N–H and O–H groups in total. The summed E-state index contributed by atoms with van der Waals surface area (Å²) in [4.78, 5) is 10.5. The molecular formula is C7H13NO2. The summed E-state index contributed by atoms with van der Waals surface area (Å²) in [5.41, 5.74) is 0. The Balaban J connectivity index is 1.98. The largest absolute Gasteiger partial charge is 0.453 e. The highest BCUT2D eigenvalue weighted by Gasteiger charge is 2.17. The molecule has 0 radical (unpaired) electrons. The molecule has 0 saturated heterocycles. The average Bonchev–Trinajstić information content (AvgIpc) is 1.84. The lowest BCUT2D eigenvalue weighted by Crippen LogP contribution is -2.31. The molecule has 0 aliphatic heterocycles. The molecule has 0 aromatic carbocycles. The Morgan fingerprint density at radius 1 is 1.70 bits per heavy atom. The van der Waals surface area contributed by atoms with Crippen molar-refractivity contribution in [2.24, 2.45) is 5.92 Å². The van der Waals surface area contributed by atoms with Gasteiger partial charge in [0.15, 0.2) is 0 Å². The minimum absolute atomic E-state index is 0.313. The van der Waals surface area contributed by atoms with Crippen LogP contribution in [-0.2, 0) is 4.74 Å². The third-order valence-corrected chi connectivity index (χ3v) is 1.95. The first-order valence-electron chi connectivity index (χ1n) is 3.64. The van der Waals surface area contributed by atoms with Crippen LogP contribution < -0.4 is 5.32 Å². The first kappa shape index (κ1) is 7.38. The van der Waals surface area contributed by atoms with Gasteiger partial charge in [-0.1, -0.05) is 6.42 Å². The number of amides is 1. The van der Waals surface area contributed by atoms with Gasteiger partial charge in [0, 0.05) is 6.54 Å². The fourth-order valence-corrected chi connectivity index (χ4v) is 0.997. The van der Waals surface area contributed by atoms with Crippen LogP contribution in [0, 0.1) is 5.92 Å². The highest BCUT2D eigenvalue weighted by atomic mass is 16.5. The maximum Gasteiger partial charge on any atom is 0.406 e. The smallest absolute Gasteiger partial charge is 0.406 e. The summed E-state index contributed by atoms with van der Waals surface area (Å²) in [6.07, 6.45) is 3.51. The number of alkyl carbamates (subject to hydrolysis) is 1. The monoisotopic (exact) mass is 143 g/mol. The molecule has 58 valence electrons. The maximum atomic E-state index is 10.5. The van der Waals surface area contributed by atoms with Crippen molar-refractivity contribution >= 4 is 6.09 Å². The van der Waals surface area contributed by atoms with Gasteiger partial charge < -0.3 is 10.1 Å². The van der Waals surface area contributed by atoms with Crippen molar-refractivity contribution in [1.82, 2.24) is 5.32 Å². The van der Waals surface area contributed by atoms with Gasteiger partial charge in [-0.25, -0.2) is 4.79 Å². The van der Waals surface area contributed by atoms with Crippen molar-refractivity contribution in [3.63, 3.8) is 0 Å². The number of carbonyl (C=O) groups excluding carboxylic acids is 1. The molecule has 1 fully saturated rings. The van der Waals surface area contributed by atoms with Crippen LogP contribution in [0.25, 0.3) is 0 Å². The van der Waals surface area contributed by atoms with Crippen LogP contribution in [-0.4, -0.2) is 19.7 Å². The number of ether oxygens (including phenoxy) is 1. The van der Waals surface area contributed by atoms with Crippen molar-refractivity contribution in [3.8, 4) is 0 Å². The fourth-order valence-electron chi connectivity index (χ4n) is 0.997. The lowest BCUT2D eigenvalue weighted by molar-refractivity contribution is 0.165. The molecule has 0 bridgehead atoms. The lowest BCUT2D eigenvalue weighted by atomic mass is 9.85. The molecule has 0 atom stereocenters. The van der Waals surface area contributed by atoms with E-state index < -0.39 is 0 Å². The van der Waals surface area contributed by atoms with Crippen LogP contribution in [0.3, 0.4) is 0 Å². The van der Waals surface area contributed by atoms with E-state index in [1.807, 2.05) is 0 Å². The number of hydrogen-bond acceptors (Lipinski definition) is 2. The lowest BCUT2D eigenvalue weighted by Gasteiger charge is -2.24. The minimum Gasteiger partial charge on any atom is -0.453 e. The van der Waals surface area contributed by atoms with E-state index in [0.29, 0.717) is 5.92 Å². The van der Waals surface area contributed by atoms with Crippen LogP contribution >= 0.6 is 0 Å². The topological polar surface area (TPSA) is 38.3 Å². The molecule has 10 heavy (non-hydrogen) atoms. The third-order valence-electron chi connectivity index (χ3n) is 1.95. The molecule has 0 aromatic heterocycles. The van der Waals surface area contributed by atoms with E-state index in [1.165, 1.54) is 26.4 Å². The Labute approximate surface area is 60.7 Å². The molecule has 1 saturated carbocycles. The zero-order chi connectivity index (χ0) is 7.40. The van der Waals surface area contributed by atoms with Gasteiger partial charge in [-0.05, 0) is 18.8 Å². The van der Waals surface area contributed by atoms with Gasteiger partial charge in [-0.15, -0.1) is 0 Å². The molecule has 1 aliphatic rings. The Bertz CT molecular complexity index is 121. The highest BCUT2D eigenvalue weighted by Crippen LogP contribution is 2.24. The molecule has 1 rings (SSSR count). The Hall–Kier alpha value is -0.730. The second-order valence-corrected chi connectivity index (χ2v) is 2.67. The number of hydrogen-bond donors (Lipinski definition) is 1. The number of rotatable bonds is 2. The SMILES string of the molecule is COC(=O)NCC1CCC1. The van der Waals surface area contributed by atoms with Crippen molar-refractivity contribution in [1.29, 1.82) is 0 Å². The van der Waals surface area contributed by atoms with Crippen LogP contribution in [0.5, 0.6) is 0 Å². The quantitative estimate of drug-likeness (QED) is 0.629. The van der Waals surface area contributed by atoms with E-state index in [-0.39, 0.29) is 6.09 Å². The average molecular weight is 143 g/mol. The molecular weight excluding hydrogens is 130 g/mol. The van der Waals surface area contributed by atoms with Gasteiger partial charge in [0.1, 0.15) is 0 Å². The Kier molecular flexibility index (Phi) is 2.54. The predicted octanol–water partition coefficient (Wildman–Crippen LogP) is 1.14. The number of carbonyl (C=O) groups is 1. The van der Waals surface area contributed by atoms with Gasteiger partial charge in [-0.2, -0.15) is 0 Å². The van der Waals surface area contributed by atoms with Crippen LogP contribution in [0.1, 0.15) is 19.3 Å². The molecule has 0 heterocycles. The summed E-state index contributed by atoms with van der Waals surface area (Å²) in [6.45, 7) is 0.784. The highest BCUT2D eigenvalue weighted by molar-refractivity contribution is 5.66. The number of methoxy groups -OCH3 is 1. The van der Waals surface area contributed by atoms with Crippen LogP contribution in [0.4, 0.5) is 4.79 Å². The molecule has 3 heteroatoms. The molecule has 0 spiro atoms. The van der Waals surface area contributed by atoms with Crippen molar-refractivity contribution < 1.29 is 9.53 Å². The van der Waals surface area contributed by atoms with Crippen molar-refractivity contribution in [2.45, 2.75) is 19.3 Å². The van der Waals surface area contributed by atoms with Crippen molar-refractivity contribution in [2.75, 3.05) is 13.7 Å². The summed E-state index contributed by atoms with van der Waals surface area (Å²) >= 11 is 0. The van der Waals surface area contributed by atoms with E-state index >= 15 is 0 Å². The second-order valence-electron chi connectivity index (χ2n) is 2.67. The van der Waals surface area contributed by atoms with E-state index in [0.717, 1.165) is 6.54 Å². The van der Waals surface area contributed by atoms with Crippen molar-refractivity contribution in [3.05, 3.63) is 0 Å². The van der Waals surface area contributed by atoms with Gasteiger partial charge >= 0.3 is 6.09 Å². The molecule has 1 aliphatic carbocycles. The second kappa shape index (κ2) is 3.44. The van der Waals surface area contributed by atoms with E-state index in [1.54, 1.807) is 0 Å². The first-order valence-corrected chi connectivity index (χ1v) is 3.64. The Morgan fingerprint density at radius 2 is 2.40 bits per heavy atom. The molecule has 0 aromatic rings. The Morgan fingerprint density at radius 3 is 2.80 bits per heavy atom. The molecule has 3 nitrogen and oxygen atoms in total. The van der Waals surface area contributed by atoms with E-state index in [2.05, 4.69) is 10.1 Å². The maximum absolute atomic E-state index is 10.5. The molecule has 1 amide bonds.